The van der Waals surface area contributed by atoms with Gasteiger partial charge in [0.1, 0.15) is 5.82 Å². The summed E-state index contributed by atoms with van der Waals surface area (Å²) in [6.45, 7) is 3.13. The summed E-state index contributed by atoms with van der Waals surface area (Å²) < 4.78 is 13.1. The van der Waals surface area contributed by atoms with Crippen LogP contribution in [0, 0.1) is 5.82 Å². The van der Waals surface area contributed by atoms with Gasteiger partial charge in [0.2, 0.25) is 11.8 Å². The fourth-order valence-electron chi connectivity index (χ4n) is 4.77. The molecule has 1 atom stereocenters. The molecule has 0 unspecified atom stereocenters. The first-order valence-corrected chi connectivity index (χ1v) is 11.8. The highest BCUT2D eigenvalue weighted by Crippen LogP contribution is 2.24. The van der Waals surface area contributed by atoms with Crippen molar-refractivity contribution in [2.75, 3.05) is 31.1 Å². The first kappa shape index (κ1) is 22.9. The molecule has 0 aliphatic carbocycles. The van der Waals surface area contributed by atoms with Gasteiger partial charge in [-0.1, -0.05) is 30.3 Å². The summed E-state index contributed by atoms with van der Waals surface area (Å²) in [5.74, 6) is -0.752. The molecule has 7 heteroatoms. The normalized spacial score (nSPS) is 18.8. The number of carbonyl (C=O) groups is 3. The van der Waals surface area contributed by atoms with Gasteiger partial charge in [-0.3, -0.25) is 24.2 Å². The van der Waals surface area contributed by atoms with Crippen molar-refractivity contribution in [3.05, 3.63) is 101 Å². The number of piperazine rings is 1. The maximum atomic E-state index is 13.1. The van der Waals surface area contributed by atoms with Gasteiger partial charge in [0.25, 0.3) is 0 Å². The second-order valence-corrected chi connectivity index (χ2v) is 8.93. The minimum absolute atomic E-state index is 0.115. The number of anilines is 1. The van der Waals surface area contributed by atoms with Crippen LogP contribution in [-0.2, 0) is 16.1 Å². The van der Waals surface area contributed by atoms with Gasteiger partial charge in [-0.05, 0) is 54.1 Å². The van der Waals surface area contributed by atoms with E-state index in [-0.39, 0.29) is 29.8 Å². The molecule has 0 bridgehead atoms. The third-order valence-corrected chi connectivity index (χ3v) is 6.76. The Kier molecular flexibility index (Phi) is 6.42. The molecule has 2 fully saturated rings. The van der Waals surface area contributed by atoms with E-state index in [0.717, 1.165) is 24.3 Å². The van der Waals surface area contributed by atoms with E-state index in [1.165, 1.54) is 29.2 Å². The van der Waals surface area contributed by atoms with Crippen molar-refractivity contribution in [2.45, 2.75) is 19.0 Å². The van der Waals surface area contributed by atoms with Crippen molar-refractivity contribution >= 4 is 23.3 Å². The molecule has 3 aromatic carbocycles. The van der Waals surface area contributed by atoms with Crippen molar-refractivity contribution in [3.8, 4) is 0 Å². The van der Waals surface area contributed by atoms with E-state index < -0.39 is 6.04 Å². The molecule has 2 aliphatic heterocycles. The molecule has 2 saturated heterocycles. The van der Waals surface area contributed by atoms with Crippen molar-refractivity contribution in [2.24, 2.45) is 0 Å². The predicted molar refractivity (Wildman–Crippen MR) is 130 cm³/mol. The summed E-state index contributed by atoms with van der Waals surface area (Å²) in [6, 6.07) is 22.1. The van der Waals surface area contributed by atoms with Crippen molar-refractivity contribution in [3.63, 3.8) is 0 Å². The van der Waals surface area contributed by atoms with Gasteiger partial charge in [0.15, 0.2) is 5.78 Å². The minimum atomic E-state index is -0.399. The molecule has 2 heterocycles. The number of ketones is 1. The highest BCUT2D eigenvalue weighted by atomic mass is 19.1. The van der Waals surface area contributed by atoms with E-state index in [1.807, 2.05) is 42.5 Å². The van der Waals surface area contributed by atoms with Crippen LogP contribution < -0.4 is 4.90 Å². The Bertz CT molecular complexity index is 1220. The minimum Gasteiger partial charge on any atom is -0.369 e. The monoisotopic (exact) mass is 471 g/mol. The molecule has 35 heavy (non-hydrogen) atoms. The zero-order valence-corrected chi connectivity index (χ0v) is 19.3. The average Bonchev–Trinajstić information content (AvgIpc) is 3.18. The molecule has 0 aromatic heterocycles. The fraction of sp³-hybridized carbons (Fsp3) is 0.250. The summed E-state index contributed by atoms with van der Waals surface area (Å²) in [5, 5.41) is 0. The quantitative estimate of drug-likeness (QED) is 0.407. The summed E-state index contributed by atoms with van der Waals surface area (Å²) in [5.41, 5.74) is 2.94. The number of nitrogens with zero attached hydrogens (tertiary/aromatic N) is 3. The highest BCUT2D eigenvalue weighted by molar-refractivity contribution is 6.09. The Hall–Kier alpha value is -3.84. The smallest absolute Gasteiger partial charge is 0.247 e. The van der Waals surface area contributed by atoms with Crippen LogP contribution in [0.1, 0.15) is 27.9 Å². The van der Waals surface area contributed by atoms with Crippen LogP contribution in [0.25, 0.3) is 0 Å². The fourth-order valence-corrected chi connectivity index (χ4v) is 4.77. The summed E-state index contributed by atoms with van der Waals surface area (Å²) in [4.78, 5) is 43.9. The second-order valence-electron chi connectivity index (χ2n) is 8.93. The molecular formula is C28H26FN3O3. The molecule has 0 N–H and O–H groups in total. The van der Waals surface area contributed by atoms with Crippen LogP contribution >= 0.6 is 0 Å². The molecule has 178 valence electrons. The van der Waals surface area contributed by atoms with Gasteiger partial charge in [-0.25, -0.2) is 4.39 Å². The van der Waals surface area contributed by atoms with E-state index in [1.54, 1.807) is 12.1 Å². The lowest BCUT2D eigenvalue weighted by Gasteiger charge is -2.38. The van der Waals surface area contributed by atoms with Crippen molar-refractivity contribution in [1.29, 1.82) is 0 Å². The molecule has 3 aromatic rings. The molecule has 0 spiro atoms. The van der Waals surface area contributed by atoms with Gasteiger partial charge in [0, 0.05) is 43.0 Å². The molecular weight excluding hydrogens is 445 g/mol. The largest absolute Gasteiger partial charge is 0.369 e. The second kappa shape index (κ2) is 9.80. The van der Waals surface area contributed by atoms with Crippen LogP contribution in [0.3, 0.4) is 0 Å². The number of carbonyl (C=O) groups excluding carboxylic acids is 3. The van der Waals surface area contributed by atoms with Crippen LogP contribution in [0.15, 0.2) is 78.9 Å². The SMILES string of the molecule is O=C(c1ccc(F)cc1)c1ccc(N2CCN([C@@H]3CC(=O)N(Cc4ccccc4)C3=O)CC2)cc1. The van der Waals surface area contributed by atoms with Crippen LogP contribution in [0.5, 0.6) is 0 Å². The molecule has 0 radical (unpaired) electrons. The van der Waals surface area contributed by atoms with Gasteiger partial charge < -0.3 is 4.90 Å². The first-order chi connectivity index (χ1) is 17.0. The number of likely N-dealkylation sites (tertiary alicyclic amines) is 1. The lowest BCUT2D eigenvalue weighted by Crippen LogP contribution is -2.52. The summed E-state index contributed by atoms with van der Waals surface area (Å²) in [6.07, 6.45) is 0.228. The van der Waals surface area contributed by atoms with E-state index in [2.05, 4.69) is 9.80 Å². The number of halogens is 1. The molecule has 6 nitrogen and oxygen atoms in total. The van der Waals surface area contributed by atoms with Gasteiger partial charge in [-0.15, -0.1) is 0 Å². The average molecular weight is 472 g/mol. The zero-order chi connectivity index (χ0) is 24.4. The molecule has 5 rings (SSSR count). The van der Waals surface area contributed by atoms with E-state index in [0.29, 0.717) is 30.8 Å². The molecule has 2 amide bonds. The van der Waals surface area contributed by atoms with Crippen molar-refractivity contribution in [1.82, 2.24) is 9.80 Å². The Morgan fingerprint density at radius 2 is 1.40 bits per heavy atom. The Labute approximate surface area is 203 Å². The third kappa shape index (κ3) is 4.86. The first-order valence-electron chi connectivity index (χ1n) is 11.8. The highest BCUT2D eigenvalue weighted by Gasteiger charge is 2.42. The van der Waals surface area contributed by atoms with Crippen LogP contribution in [0.2, 0.25) is 0 Å². The number of imide groups is 1. The molecule has 0 saturated carbocycles. The lowest BCUT2D eigenvalue weighted by atomic mass is 10.0. The van der Waals surface area contributed by atoms with E-state index >= 15 is 0 Å². The number of rotatable bonds is 6. The van der Waals surface area contributed by atoms with E-state index in [9.17, 15) is 18.8 Å². The predicted octanol–water partition coefficient (Wildman–Crippen LogP) is 3.51. The Balaban J connectivity index is 1.18. The van der Waals surface area contributed by atoms with Crippen molar-refractivity contribution < 1.29 is 18.8 Å². The van der Waals surface area contributed by atoms with Gasteiger partial charge in [-0.2, -0.15) is 0 Å². The number of amides is 2. The Morgan fingerprint density at radius 1 is 0.800 bits per heavy atom. The van der Waals surface area contributed by atoms with Gasteiger partial charge in [0.05, 0.1) is 19.0 Å². The third-order valence-electron chi connectivity index (χ3n) is 6.76. The standard InChI is InChI=1S/C28H26FN3O3/c29-23-10-6-21(7-11-23)27(34)22-8-12-24(13-9-22)30-14-16-31(17-15-30)25-18-26(33)32(28(25)35)19-20-4-2-1-3-5-20/h1-13,25H,14-19H2/t25-/m1/s1. The number of benzene rings is 3. The van der Waals surface area contributed by atoms with Crippen LogP contribution in [-0.4, -0.2) is 59.6 Å². The summed E-state index contributed by atoms with van der Waals surface area (Å²) in [7, 11) is 0. The lowest BCUT2D eigenvalue weighted by molar-refractivity contribution is -0.140. The molecule has 2 aliphatic rings. The maximum Gasteiger partial charge on any atom is 0.247 e. The Morgan fingerprint density at radius 3 is 2.03 bits per heavy atom. The number of hydrogen-bond donors (Lipinski definition) is 0. The topological polar surface area (TPSA) is 60.9 Å². The maximum absolute atomic E-state index is 13.1. The summed E-state index contributed by atoms with van der Waals surface area (Å²) >= 11 is 0. The zero-order valence-electron chi connectivity index (χ0n) is 19.3. The van der Waals surface area contributed by atoms with Crippen LogP contribution in [0.4, 0.5) is 10.1 Å². The van der Waals surface area contributed by atoms with Gasteiger partial charge >= 0.3 is 0 Å². The number of hydrogen-bond acceptors (Lipinski definition) is 5. The van der Waals surface area contributed by atoms with E-state index in [4.69, 9.17) is 0 Å².